The van der Waals surface area contributed by atoms with Crippen molar-refractivity contribution in [2.45, 2.75) is 13.3 Å². The van der Waals surface area contributed by atoms with Crippen LogP contribution >= 0.6 is 7.82 Å². The van der Waals surface area contributed by atoms with Crippen LogP contribution in [0.15, 0.2) is 24.3 Å². The number of hydrogen-bond donors (Lipinski definition) is 2. The summed E-state index contributed by atoms with van der Waals surface area (Å²) in [5, 5.41) is 0. The van der Waals surface area contributed by atoms with Crippen molar-refractivity contribution in [1.29, 1.82) is 0 Å². The fraction of sp³-hybridized carbons (Fsp3) is 0.400. The van der Waals surface area contributed by atoms with E-state index in [1.807, 2.05) is 13.0 Å². The van der Waals surface area contributed by atoms with Gasteiger partial charge in [0.1, 0.15) is 5.75 Å². The number of phosphoric acid groups is 1. The van der Waals surface area contributed by atoms with Gasteiger partial charge in [-0.15, -0.1) is 0 Å². The zero-order chi connectivity index (χ0) is 12.0. The molecule has 0 aliphatic heterocycles. The Kier molecular flexibility index (Phi) is 4.96. The Bertz CT molecular complexity index is 383. The second-order valence-corrected chi connectivity index (χ2v) is 4.56. The summed E-state index contributed by atoms with van der Waals surface area (Å²) >= 11 is 0. The van der Waals surface area contributed by atoms with Crippen LogP contribution in [0.3, 0.4) is 0 Å². The predicted molar refractivity (Wildman–Crippen MR) is 61.3 cm³/mol. The van der Waals surface area contributed by atoms with Crippen molar-refractivity contribution >= 4 is 7.82 Å². The topological polar surface area (TPSA) is 81.8 Å². The first-order valence-electron chi connectivity index (χ1n) is 5.03. The van der Waals surface area contributed by atoms with Crippen LogP contribution in [-0.2, 0) is 15.5 Å². The molecule has 1 atom stereocenters. The molecular weight excluding hydrogens is 229 g/mol. The van der Waals surface area contributed by atoms with Crippen LogP contribution < -0.4 is 10.3 Å². The van der Waals surface area contributed by atoms with Gasteiger partial charge in [-0.3, -0.25) is 9.42 Å². The third-order valence-corrected chi connectivity index (χ3v) is 2.85. The number of rotatable bonds is 6. The average Bonchev–Trinajstić information content (AvgIpc) is 2.26. The van der Waals surface area contributed by atoms with Crippen molar-refractivity contribution in [2.24, 2.45) is 5.73 Å². The highest BCUT2D eigenvalue weighted by Crippen LogP contribution is 2.43. The zero-order valence-electron chi connectivity index (χ0n) is 9.13. The molecule has 0 saturated heterocycles. The van der Waals surface area contributed by atoms with E-state index < -0.39 is 7.82 Å². The molecule has 0 amide bonds. The van der Waals surface area contributed by atoms with E-state index in [4.69, 9.17) is 10.3 Å². The zero-order valence-corrected chi connectivity index (χ0v) is 10.0. The summed E-state index contributed by atoms with van der Waals surface area (Å²) < 4.78 is 20.9. The minimum absolute atomic E-state index is 0.0127. The summed E-state index contributed by atoms with van der Waals surface area (Å²) in [6.07, 6.45) is 0.830. The Labute approximate surface area is 94.8 Å². The van der Waals surface area contributed by atoms with Gasteiger partial charge >= 0.3 is 7.82 Å². The maximum Gasteiger partial charge on any atom is 0.527 e. The Morgan fingerprint density at radius 2 is 2.25 bits per heavy atom. The molecule has 90 valence electrons. The van der Waals surface area contributed by atoms with Crippen molar-refractivity contribution in [3.8, 4) is 5.75 Å². The van der Waals surface area contributed by atoms with Crippen molar-refractivity contribution in [1.82, 2.24) is 0 Å². The first kappa shape index (κ1) is 13.2. The minimum atomic E-state index is -4.04. The first-order chi connectivity index (χ1) is 7.57. The summed E-state index contributed by atoms with van der Waals surface area (Å²) in [6.45, 7) is 2.15. The third-order valence-electron chi connectivity index (χ3n) is 1.90. The molecule has 0 heterocycles. The molecule has 0 spiro atoms. The number of benzene rings is 1. The number of nitrogens with two attached hydrogens (primary N) is 1. The molecule has 0 bridgehead atoms. The predicted octanol–water partition coefficient (Wildman–Crippen LogP) is 1.70. The molecule has 6 heteroatoms. The lowest BCUT2D eigenvalue weighted by molar-refractivity contribution is 0.208. The highest BCUT2D eigenvalue weighted by atomic mass is 31.2. The Balaban J connectivity index is 2.67. The Hall–Kier alpha value is -0.870. The minimum Gasteiger partial charge on any atom is -0.404 e. The molecule has 3 N–H and O–H groups in total. The van der Waals surface area contributed by atoms with E-state index in [1.54, 1.807) is 18.2 Å². The summed E-state index contributed by atoms with van der Waals surface area (Å²) in [5.41, 5.74) is 6.19. The van der Waals surface area contributed by atoms with Crippen molar-refractivity contribution in [2.75, 3.05) is 13.2 Å². The summed E-state index contributed by atoms with van der Waals surface area (Å²) in [4.78, 5) is 9.32. The molecule has 0 fully saturated rings. The van der Waals surface area contributed by atoms with E-state index in [-0.39, 0.29) is 13.2 Å². The van der Waals surface area contributed by atoms with Crippen LogP contribution in [0.4, 0.5) is 0 Å². The number of aryl methyl sites for hydroxylation is 1. The first-order valence-corrected chi connectivity index (χ1v) is 6.53. The SMILES string of the molecule is CCc1cccc(OP(=O)(O)OCCN)c1. The molecule has 0 saturated carbocycles. The van der Waals surface area contributed by atoms with Crippen molar-refractivity contribution < 1.29 is 18.5 Å². The Morgan fingerprint density at radius 3 is 2.88 bits per heavy atom. The van der Waals surface area contributed by atoms with Crippen LogP contribution in [-0.4, -0.2) is 18.0 Å². The van der Waals surface area contributed by atoms with E-state index in [1.165, 1.54) is 0 Å². The van der Waals surface area contributed by atoms with Gasteiger partial charge in [-0.25, -0.2) is 4.57 Å². The molecule has 5 nitrogen and oxygen atoms in total. The molecule has 16 heavy (non-hydrogen) atoms. The van der Waals surface area contributed by atoms with Crippen molar-refractivity contribution in [3.05, 3.63) is 29.8 Å². The highest BCUT2D eigenvalue weighted by molar-refractivity contribution is 7.47. The van der Waals surface area contributed by atoms with E-state index >= 15 is 0 Å². The summed E-state index contributed by atoms with van der Waals surface area (Å²) in [5.74, 6) is 0.321. The molecule has 1 aromatic carbocycles. The lowest BCUT2D eigenvalue weighted by Gasteiger charge is -2.12. The van der Waals surface area contributed by atoms with Gasteiger partial charge in [0.25, 0.3) is 0 Å². The second-order valence-electron chi connectivity index (χ2n) is 3.18. The lowest BCUT2D eigenvalue weighted by atomic mass is 10.2. The molecule has 1 aromatic rings. The Morgan fingerprint density at radius 1 is 1.50 bits per heavy atom. The second kappa shape index (κ2) is 6.01. The van der Waals surface area contributed by atoms with Gasteiger partial charge < -0.3 is 10.3 Å². The molecule has 1 unspecified atom stereocenters. The van der Waals surface area contributed by atoms with Gasteiger partial charge in [0.2, 0.25) is 0 Å². The largest absolute Gasteiger partial charge is 0.527 e. The van der Waals surface area contributed by atoms with Crippen LogP contribution in [0.1, 0.15) is 12.5 Å². The van der Waals surface area contributed by atoms with E-state index in [2.05, 4.69) is 4.52 Å². The van der Waals surface area contributed by atoms with Crippen molar-refractivity contribution in [3.63, 3.8) is 0 Å². The normalized spacial score (nSPS) is 14.4. The van der Waals surface area contributed by atoms with Gasteiger partial charge in [-0.1, -0.05) is 19.1 Å². The average molecular weight is 245 g/mol. The fourth-order valence-electron chi connectivity index (χ4n) is 1.15. The molecule has 0 aliphatic rings. The van der Waals surface area contributed by atoms with E-state index in [0.29, 0.717) is 5.75 Å². The standard InChI is InChI=1S/C10H16NO4P/c1-2-9-4-3-5-10(8-9)15-16(12,13)14-7-6-11/h3-5,8H,2,6-7,11H2,1H3,(H,12,13). The lowest BCUT2D eigenvalue weighted by Crippen LogP contribution is -2.08. The van der Waals surface area contributed by atoms with Crippen LogP contribution in [0.25, 0.3) is 0 Å². The van der Waals surface area contributed by atoms with E-state index in [9.17, 15) is 9.46 Å². The van der Waals surface area contributed by atoms with Gasteiger partial charge in [0.05, 0.1) is 6.61 Å². The van der Waals surface area contributed by atoms with Gasteiger partial charge in [-0.05, 0) is 24.1 Å². The maximum atomic E-state index is 11.4. The van der Waals surface area contributed by atoms with Gasteiger partial charge in [0, 0.05) is 6.54 Å². The fourth-order valence-corrected chi connectivity index (χ4v) is 1.92. The highest BCUT2D eigenvalue weighted by Gasteiger charge is 2.22. The van der Waals surface area contributed by atoms with Gasteiger partial charge in [0.15, 0.2) is 0 Å². The van der Waals surface area contributed by atoms with E-state index in [0.717, 1.165) is 12.0 Å². The van der Waals surface area contributed by atoms with Crippen LogP contribution in [0, 0.1) is 0 Å². The quantitative estimate of drug-likeness (QED) is 0.745. The molecule has 0 aromatic heterocycles. The third kappa shape index (κ3) is 4.33. The number of phosphoric ester groups is 1. The summed E-state index contributed by atoms with van der Waals surface area (Å²) in [7, 11) is -4.04. The summed E-state index contributed by atoms with van der Waals surface area (Å²) in [6, 6.07) is 6.98. The molecule has 1 rings (SSSR count). The molecular formula is C10H16NO4P. The van der Waals surface area contributed by atoms with Gasteiger partial charge in [-0.2, -0.15) is 0 Å². The monoisotopic (exact) mass is 245 g/mol. The smallest absolute Gasteiger partial charge is 0.404 e. The molecule has 0 aliphatic carbocycles. The molecule has 0 radical (unpaired) electrons. The number of hydrogen-bond acceptors (Lipinski definition) is 4. The maximum absolute atomic E-state index is 11.4. The van der Waals surface area contributed by atoms with Crippen LogP contribution in [0.5, 0.6) is 5.75 Å². The van der Waals surface area contributed by atoms with Crippen LogP contribution in [0.2, 0.25) is 0 Å².